The second-order valence-corrected chi connectivity index (χ2v) is 12.3. The van der Waals surface area contributed by atoms with Crippen LogP contribution in [0.1, 0.15) is 13.8 Å². The fourth-order valence-electron chi connectivity index (χ4n) is 3.57. The first kappa shape index (κ1) is 31.7. The summed E-state index contributed by atoms with van der Waals surface area (Å²) in [5, 5.41) is 29.8. The summed E-state index contributed by atoms with van der Waals surface area (Å²) in [5.74, 6) is 0.619. The Labute approximate surface area is 271 Å². The van der Waals surface area contributed by atoms with Gasteiger partial charge in [-0.3, -0.25) is 9.13 Å². The van der Waals surface area contributed by atoms with Crippen molar-refractivity contribution in [2.75, 3.05) is 13.2 Å². The maximum absolute atomic E-state index is 10.7. The Morgan fingerprint density at radius 2 is 1.55 bits per heavy atom. The molecule has 6 rings (SSSR count). The zero-order chi connectivity index (χ0) is 30.7. The number of epoxide rings is 1. The Balaban J connectivity index is 0.000000163. The molecule has 4 aromatic rings. The van der Waals surface area contributed by atoms with Gasteiger partial charge in [0.25, 0.3) is 0 Å². The Morgan fingerprint density at radius 3 is 2.02 bits per heavy atom. The molecular formula is C25H23ClI2N6O8. The molecule has 4 heterocycles. The van der Waals surface area contributed by atoms with Gasteiger partial charge in [-0.15, -0.1) is 0 Å². The van der Waals surface area contributed by atoms with Gasteiger partial charge in [-0.1, -0.05) is 0 Å². The molecule has 42 heavy (non-hydrogen) atoms. The first-order valence-corrected chi connectivity index (χ1v) is 14.6. The number of rotatable bonds is 6. The average Bonchev–Trinajstić information content (AvgIpc) is 3.22. The summed E-state index contributed by atoms with van der Waals surface area (Å²) in [6, 6.07) is 15.0. The van der Waals surface area contributed by atoms with Crippen LogP contribution in [0.15, 0.2) is 60.9 Å². The van der Waals surface area contributed by atoms with Crippen molar-refractivity contribution in [1.29, 1.82) is 0 Å². The van der Waals surface area contributed by atoms with Gasteiger partial charge in [0.15, 0.2) is 11.3 Å². The lowest BCUT2D eigenvalue weighted by atomic mass is 10.1. The number of aromatic hydroxyl groups is 1. The third-order valence-corrected chi connectivity index (χ3v) is 7.56. The third kappa shape index (κ3) is 8.19. The largest absolute Gasteiger partial charge is 0.508 e. The Bertz CT molecular complexity index is 1530. The van der Waals surface area contributed by atoms with Gasteiger partial charge in [0.2, 0.25) is 0 Å². The van der Waals surface area contributed by atoms with Crippen molar-refractivity contribution in [1.82, 2.24) is 19.1 Å². The molecule has 1 fully saturated rings. The molecule has 0 bridgehead atoms. The fourth-order valence-corrected chi connectivity index (χ4v) is 4.61. The highest BCUT2D eigenvalue weighted by molar-refractivity contribution is 14.1. The minimum Gasteiger partial charge on any atom is -0.508 e. The van der Waals surface area contributed by atoms with Crippen LogP contribution < -0.4 is 9.47 Å². The molecule has 14 nitrogen and oxygen atoms in total. The highest BCUT2D eigenvalue weighted by Gasteiger charge is 2.45. The number of aromatic nitrogens is 4. The van der Waals surface area contributed by atoms with Gasteiger partial charge in [0, 0.05) is 12.1 Å². The van der Waals surface area contributed by atoms with Crippen LogP contribution in [-0.4, -0.2) is 52.9 Å². The summed E-state index contributed by atoms with van der Waals surface area (Å²) in [7, 11) is 0. The molecule has 0 aliphatic carbocycles. The highest BCUT2D eigenvalue weighted by Crippen LogP contribution is 2.36. The molecule has 2 aromatic heterocycles. The fraction of sp³-hybridized carbons (Fsp3) is 0.280. The lowest BCUT2D eigenvalue weighted by molar-refractivity contribution is -0.389. The van der Waals surface area contributed by atoms with Gasteiger partial charge >= 0.3 is 22.9 Å². The van der Waals surface area contributed by atoms with E-state index >= 15 is 0 Å². The van der Waals surface area contributed by atoms with E-state index in [9.17, 15) is 20.2 Å². The van der Waals surface area contributed by atoms with Crippen molar-refractivity contribution in [3.8, 4) is 17.5 Å². The molecule has 0 amide bonds. The van der Waals surface area contributed by atoms with Crippen molar-refractivity contribution in [3.05, 3.63) is 93.6 Å². The van der Waals surface area contributed by atoms with Crippen LogP contribution >= 0.6 is 56.8 Å². The predicted octanol–water partition coefficient (Wildman–Crippen LogP) is 5.77. The van der Waals surface area contributed by atoms with Crippen LogP contribution in [0.3, 0.4) is 0 Å². The molecular weight excluding hydrogens is 802 g/mol. The number of hydrogen-bond donors (Lipinski definition) is 1. The molecule has 0 spiro atoms. The predicted molar refractivity (Wildman–Crippen MR) is 167 cm³/mol. The van der Waals surface area contributed by atoms with Crippen LogP contribution in [0.2, 0.25) is 5.28 Å². The average molecular weight is 825 g/mol. The number of ether oxygens (including phenoxy) is 3. The smallest absolute Gasteiger partial charge is 0.415 e. The van der Waals surface area contributed by atoms with E-state index in [0.717, 1.165) is 12.9 Å². The van der Waals surface area contributed by atoms with E-state index in [-0.39, 0.29) is 22.9 Å². The van der Waals surface area contributed by atoms with Crippen molar-refractivity contribution in [3.63, 3.8) is 0 Å². The van der Waals surface area contributed by atoms with Gasteiger partial charge in [0.05, 0.1) is 13.2 Å². The van der Waals surface area contributed by atoms with Crippen LogP contribution in [-0.2, 0) is 17.0 Å². The summed E-state index contributed by atoms with van der Waals surface area (Å²) >= 11 is 10.1. The van der Waals surface area contributed by atoms with Crippen LogP contribution in [0.25, 0.3) is 0 Å². The first-order valence-electron chi connectivity index (χ1n) is 12.0. The number of benzene rings is 2. The minimum atomic E-state index is -0.589. The molecule has 222 valence electrons. The third-order valence-electron chi connectivity index (χ3n) is 5.85. The molecule has 1 N–H and O–H groups in total. The summed E-state index contributed by atoms with van der Waals surface area (Å²) < 4.78 is 21.8. The molecule has 1 saturated heterocycles. The number of phenolic OH excluding ortho intramolecular Hbond substituents is 1. The monoisotopic (exact) mass is 824 g/mol. The summed E-state index contributed by atoms with van der Waals surface area (Å²) in [6.07, 6.45) is 2.65. The van der Waals surface area contributed by atoms with Crippen LogP contribution in [0.5, 0.6) is 17.5 Å². The van der Waals surface area contributed by atoms with Gasteiger partial charge in [0.1, 0.15) is 30.5 Å². The highest BCUT2D eigenvalue weighted by atomic mass is 127. The number of fused-ring (bicyclic) bond motifs is 1. The lowest BCUT2D eigenvalue weighted by Gasteiger charge is -2.22. The number of halogens is 3. The molecule has 0 radical (unpaired) electrons. The molecule has 2 aliphatic heterocycles. The quantitative estimate of drug-likeness (QED) is 0.109. The SMILES string of the molecule is C[C@@]1(n2cc([N+](=O)[O-])nc2Cl)CO1.C[C@]1(COc2ccc(I)cc2)Cn2cc([N+](=O)[O-])nc2O1.Oc1ccc(I)cc1. The topological polar surface area (TPSA) is 173 Å². The molecule has 2 aliphatic rings. The summed E-state index contributed by atoms with van der Waals surface area (Å²) in [5.41, 5.74) is -1.13. The van der Waals surface area contributed by atoms with Crippen molar-refractivity contribution in [2.24, 2.45) is 0 Å². The second kappa shape index (κ2) is 13.0. The first-order chi connectivity index (χ1) is 19.8. The van der Waals surface area contributed by atoms with Gasteiger partial charge in [-0.25, -0.2) is 0 Å². The number of nitro groups is 2. The second-order valence-electron chi connectivity index (χ2n) is 9.50. The molecule has 17 heteroatoms. The Morgan fingerprint density at radius 1 is 1.00 bits per heavy atom. The summed E-state index contributed by atoms with van der Waals surface area (Å²) in [4.78, 5) is 27.3. The van der Waals surface area contributed by atoms with Gasteiger partial charge in [-0.05, 0) is 134 Å². The van der Waals surface area contributed by atoms with E-state index in [4.69, 9.17) is 30.9 Å². The van der Waals surface area contributed by atoms with Gasteiger partial charge < -0.3 is 39.5 Å². The maximum atomic E-state index is 10.7. The van der Waals surface area contributed by atoms with E-state index < -0.39 is 21.2 Å². The molecule has 2 atom stereocenters. The number of nitrogens with zero attached hydrogens (tertiary/aromatic N) is 6. The van der Waals surface area contributed by atoms with Crippen molar-refractivity contribution < 1.29 is 29.2 Å². The Hall–Kier alpha value is -3.23. The minimum absolute atomic E-state index is 0.0756. The zero-order valence-corrected chi connectivity index (χ0v) is 27.1. The van der Waals surface area contributed by atoms with Crippen molar-refractivity contribution in [2.45, 2.75) is 31.7 Å². The van der Waals surface area contributed by atoms with E-state index in [1.807, 2.05) is 43.3 Å². The van der Waals surface area contributed by atoms with Crippen LogP contribution in [0, 0.1) is 27.4 Å². The molecule has 0 unspecified atom stereocenters. The summed E-state index contributed by atoms with van der Waals surface area (Å²) in [6.45, 7) is 4.98. The lowest BCUT2D eigenvalue weighted by Crippen LogP contribution is -2.38. The molecule has 2 aromatic carbocycles. The number of hydrogen-bond acceptors (Lipinski definition) is 10. The standard InChI is InChI=1S/C13H12IN3O4.C6H6ClN3O3.C6H5IO/c1-13(8-20-10-4-2-9(14)3-5-10)7-16-6-11(17(18)19)15-12(16)21-13;1-6(3-13-6)9-2-4(10(11)12)8-5(9)7;7-5-1-3-6(8)4-2-5/h2-6H,7-8H2,1H3;2H,3H2,1H3;1-4,8H/t13-;6-;/m10./s1. The van der Waals surface area contributed by atoms with Crippen LogP contribution in [0.4, 0.5) is 11.6 Å². The number of imidazole rings is 2. The van der Waals surface area contributed by atoms with Gasteiger partial charge in [-0.2, -0.15) is 0 Å². The normalized spacial score (nSPS) is 19.7. The zero-order valence-electron chi connectivity index (χ0n) is 22.0. The molecule has 0 saturated carbocycles. The van der Waals surface area contributed by atoms with E-state index in [2.05, 4.69) is 55.1 Å². The van der Waals surface area contributed by atoms with E-state index in [1.165, 1.54) is 17.0 Å². The van der Waals surface area contributed by atoms with E-state index in [0.29, 0.717) is 25.5 Å². The van der Waals surface area contributed by atoms with E-state index in [1.54, 1.807) is 23.6 Å². The Kier molecular flexibility index (Phi) is 9.78. The maximum Gasteiger partial charge on any atom is 0.415 e. The van der Waals surface area contributed by atoms with Crippen molar-refractivity contribution >= 4 is 68.4 Å². The number of phenols is 1.